The molecule has 0 aliphatic carbocycles. The molecule has 5 nitrogen and oxygen atoms in total. The number of nitrogens with zero attached hydrogens (tertiary/aromatic N) is 2. The van der Waals surface area contributed by atoms with Crippen molar-refractivity contribution >= 4 is 27.5 Å². The summed E-state index contributed by atoms with van der Waals surface area (Å²) in [5, 5.41) is 13.6. The van der Waals surface area contributed by atoms with Gasteiger partial charge >= 0.3 is 0 Å². The van der Waals surface area contributed by atoms with Crippen LogP contribution in [0.1, 0.15) is 35.4 Å². The molecular formula is C29H34N2O3. The second-order valence-corrected chi connectivity index (χ2v) is 8.72. The van der Waals surface area contributed by atoms with Gasteiger partial charge < -0.3 is 14.4 Å². The summed E-state index contributed by atoms with van der Waals surface area (Å²) in [5.41, 5.74) is 2.78. The molecule has 5 rings (SSSR count). The van der Waals surface area contributed by atoms with E-state index in [2.05, 4.69) is 58.0 Å². The zero-order chi connectivity index (χ0) is 23.9. The molecule has 3 aromatic carbocycles. The number of aliphatic hydroxyl groups excluding tert-OH is 1. The topological polar surface area (TPSA) is 54.7 Å². The van der Waals surface area contributed by atoms with Gasteiger partial charge in [0.15, 0.2) is 5.78 Å². The Bertz CT molecular complexity index is 1180. The molecule has 178 valence electrons. The average Bonchev–Trinajstić information content (AvgIpc) is 3.19. The Balaban J connectivity index is 0.000000226. The fourth-order valence-electron chi connectivity index (χ4n) is 4.83. The Morgan fingerprint density at radius 1 is 0.941 bits per heavy atom. The second-order valence-electron chi connectivity index (χ2n) is 8.72. The molecule has 1 N–H and O–H groups in total. The number of morpholine rings is 1. The van der Waals surface area contributed by atoms with Gasteiger partial charge in [0, 0.05) is 48.2 Å². The maximum absolute atomic E-state index is 12.5. The Hall–Kier alpha value is -2.99. The van der Waals surface area contributed by atoms with Crippen molar-refractivity contribution < 1.29 is 14.6 Å². The second kappa shape index (κ2) is 11.4. The van der Waals surface area contributed by atoms with E-state index in [1.165, 1.54) is 10.8 Å². The molecule has 5 heteroatoms. The third-order valence-corrected chi connectivity index (χ3v) is 6.56. The molecule has 1 unspecified atom stereocenters. The highest BCUT2D eigenvalue weighted by molar-refractivity contribution is 6.09. The summed E-state index contributed by atoms with van der Waals surface area (Å²) in [6, 6.07) is 24.6. The van der Waals surface area contributed by atoms with Gasteiger partial charge in [0.1, 0.15) is 0 Å². The van der Waals surface area contributed by atoms with Crippen LogP contribution in [0.4, 0.5) is 0 Å². The number of ketones is 1. The third kappa shape index (κ3) is 5.22. The smallest absolute Gasteiger partial charge is 0.165 e. The Morgan fingerprint density at radius 2 is 1.50 bits per heavy atom. The van der Waals surface area contributed by atoms with E-state index in [9.17, 15) is 9.90 Å². The van der Waals surface area contributed by atoms with Crippen LogP contribution in [0.25, 0.3) is 21.7 Å². The first-order chi connectivity index (χ1) is 16.6. The fourth-order valence-corrected chi connectivity index (χ4v) is 4.83. The van der Waals surface area contributed by atoms with Gasteiger partial charge in [-0.1, -0.05) is 73.7 Å². The van der Waals surface area contributed by atoms with Crippen LogP contribution < -0.4 is 0 Å². The number of benzene rings is 3. The molecule has 2 heterocycles. The van der Waals surface area contributed by atoms with Gasteiger partial charge in [-0.2, -0.15) is 0 Å². The minimum absolute atomic E-state index is 0.0522. The van der Waals surface area contributed by atoms with Crippen LogP contribution in [0.5, 0.6) is 0 Å². The van der Waals surface area contributed by atoms with E-state index < -0.39 is 0 Å². The molecule has 0 spiro atoms. The summed E-state index contributed by atoms with van der Waals surface area (Å²) >= 11 is 0. The predicted molar refractivity (Wildman–Crippen MR) is 139 cm³/mol. The number of hydrogen-bond donors (Lipinski definition) is 1. The highest BCUT2D eigenvalue weighted by atomic mass is 16.5. The number of carbonyl (C=O) groups excluding carboxylic acids is 1. The molecule has 0 saturated carbocycles. The van der Waals surface area contributed by atoms with Crippen LogP contribution in [0.3, 0.4) is 0 Å². The Labute approximate surface area is 201 Å². The molecule has 1 aliphatic heterocycles. The van der Waals surface area contributed by atoms with Gasteiger partial charge in [-0.25, -0.2) is 0 Å². The van der Waals surface area contributed by atoms with Crippen molar-refractivity contribution in [3.63, 3.8) is 0 Å². The lowest BCUT2D eigenvalue weighted by Crippen LogP contribution is -2.40. The number of para-hydroxylation sites is 1. The lowest BCUT2D eigenvalue weighted by atomic mass is 10.1. The van der Waals surface area contributed by atoms with Gasteiger partial charge in [-0.15, -0.1) is 0 Å². The van der Waals surface area contributed by atoms with Crippen molar-refractivity contribution in [3.05, 3.63) is 84.1 Å². The highest BCUT2D eigenvalue weighted by Gasteiger charge is 2.24. The van der Waals surface area contributed by atoms with Crippen molar-refractivity contribution in [3.8, 4) is 0 Å². The van der Waals surface area contributed by atoms with Crippen LogP contribution in [-0.2, 0) is 4.74 Å². The predicted octanol–water partition coefficient (Wildman–Crippen LogP) is 5.25. The molecule has 34 heavy (non-hydrogen) atoms. The highest BCUT2D eigenvalue weighted by Crippen LogP contribution is 2.30. The zero-order valence-corrected chi connectivity index (χ0v) is 20.1. The van der Waals surface area contributed by atoms with Crippen LogP contribution in [0.15, 0.2) is 72.8 Å². The van der Waals surface area contributed by atoms with Crippen LogP contribution >= 0.6 is 0 Å². The quantitative estimate of drug-likeness (QED) is 0.401. The van der Waals surface area contributed by atoms with Crippen LogP contribution in [-0.4, -0.2) is 59.8 Å². The molecule has 4 aromatic rings. The molecule has 1 atom stereocenters. The first kappa shape index (κ1) is 24.1. The largest absolute Gasteiger partial charge is 0.394 e. The summed E-state index contributed by atoms with van der Waals surface area (Å²) in [7, 11) is 0. The lowest BCUT2D eigenvalue weighted by Gasteiger charge is -2.31. The molecule has 0 bridgehead atoms. The van der Waals surface area contributed by atoms with E-state index in [-0.39, 0.29) is 18.4 Å². The van der Waals surface area contributed by atoms with E-state index in [1.807, 2.05) is 38.1 Å². The van der Waals surface area contributed by atoms with Crippen molar-refractivity contribution in [1.29, 1.82) is 0 Å². The van der Waals surface area contributed by atoms with Crippen LogP contribution in [0, 0.1) is 6.92 Å². The van der Waals surface area contributed by atoms with Gasteiger partial charge in [-0.3, -0.25) is 9.69 Å². The molecule has 1 saturated heterocycles. The molecule has 0 amide bonds. The van der Waals surface area contributed by atoms with E-state index in [0.29, 0.717) is 6.42 Å². The number of ether oxygens (including phenoxy) is 1. The maximum Gasteiger partial charge on any atom is 0.165 e. The van der Waals surface area contributed by atoms with E-state index in [0.717, 1.165) is 55.0 Å². The zero-order valence-electron chi connectivity index (χ0n) is 20.1. The number of carbonyl (C=O) groups is 1. The summed E-state index contributed by atoms with van der Waals surface area (Å²) in [5.74, 6) is 0.158. The SMILES string of the molecule is CCC(=O)c1c(C)n(C(CO)CN2CCOCC2)c2ccccc12.c1ccc2ccccc2c1. The van der Waals surface area contributed by atoms with Crippen molar-refractivity contribution in [1.82, 2.24) is 9.47 Å². The summed E-state index contributed by atoms with van der Waals surface area (Å²) in [4.78, 5) is 14.8. The van der Waals surface area contributed by atoms with Crippen molar-refractivity contribution in [2.24, 2.45) is 0 Å². The molecular weight excluding hydrogens is 424 g/mol. The van der Waals surface area contributed by atoms with E-state index in [1.54, 1.807) is 0 Å². The van der Waals surface area contributed by atoms with Crippen molar-refractivity contribution in [2.75, 3.05) is 39.5 Å². The first-order valence-electron chi connectivity index (χ1n) is 12.1. The monoisotopic (exact) mass is 458 g/mol. The number of Topliss-reactive ketones (excluding diaryl/α,β-unsaturated/α-hetero) is 1. The molecule has 1 aliphatic rings. The maximum atomic E-state index is 12.5. The summed E-state index contributed by atoms with van der Waals surface area (Å²) in [6.45, 7) is 7.95. The van der Waals surface area contributed by atoms with E-state index >= 15 is 0 Å². The summed E-state index contributed by atoms with van der Waals surface area (Å²) in [6.07, 6.45) is 0.488. The number of aliphatic hydroxyl groups is 1. The molecule has 0 radical (unpaired) electrons. The van der Waals surface area contributed by atoms with Gasteiger partial charge in [-0.05, 0) is 23.8 Å². The van der Waals surface area contributed by atoms with E-state index in [4.69, 9.17) is 4.74 Å². The number of rotatable bonds is 6. The van der Waals surface area contributed by atoms with Gasteiger partial charge in [0.25, 0.3) is 0 Å². The molecule has 1 fully saturated rings. The minimum atomic E-state index is -0.0635. The number of fused-ring (bicyclic) bond motifs is 2. The fraction of sp³-hybridized carbons (Fsp3) is 0.345. The van der Waals surface area contributed by atoms with Gasteiger partial charge in [0.2, 0.25) is 0 Å². The van der Waals surface area contributed by atoms with Crippen molar-refractivity contribution in [2.45, 2.75) is 26.3 Å². The van der Waals surface area contributed by atoms with Crippen LogP contribution in [0.2, 0.25) is 0 Å². The molecule has 1 aromatic heterocycles. The average molecular weight is 459 g/mol. The number of aromatic nitrogens is 1. The summed E-state index contributed by atoms with van der Waals surface area (Å²) < 4.78 is 7.56. The standard InChI is InChI=1S/C19H26N2O3.C10H8/c1-3-18(23)19-14(2)21(17-7-5-4-6-16(17)19)15(13-22)12-20-8-10-24-11-9-20;1-2-6-10-8-4-3-7-9(10)5-1/h4-7,15,22H,3,8-13H2,1-2H3;1-8H. The third-order valence-electron chi connectivity index (χ3n) is 6.56. The minimum Gasteiger partial charge on any atom is -0.394 e. The lowest BCUT2D eigenvalue weighted by molar-refractivity contribution is 0.0271. The Morgan fingerprint density at radius 3 is 2.06 bits per heavy atom. The number of hydrogen-bond acceptors (Lipinski definition) is 4. The normalized spacial score (nSPS) is 15.1. The van der Waals surface area contributed by atoms with Gasteiger partial charge in [0.05, 0.1) is 25.9 Å². The Kier molecular flexibility index (Phi) is 8.12. The first-order valence-corrected chi connectivity index (χ1v) is 12.1.